The number of hydrogen-bond acceptors (Lipinski definition) is 7. The molecule has 164 valence electrons. The van der Waals surface area contributed by atoms with Crippen molar-refractivity contribution in [2.45, 2.75) is 4.90 Å². The number of thiazole rings is 1. The lowest BCUT2D eigenvalue weighted by Crippen LogP contribution is -2.14. The predicted molar refractivity (Wildman–Crippen MR) is 124 cm³/mol. The third kappa shape index (κ3) is 4.51. The number of aromatic nitrogens is 1. The fourth-order valence-electron chi connectivity index (χ4n) is 2.97. The van der Waals surface area contributed by atoms with E-state index in [1.165, 1.54) is 54.8 Å². The van der Waals surface area contributed by atoms with Crippen molar-refractivity contribution in [3.05, 3.63) is 72.3 Å². The van der Waals surface area contributed by atoms with Crippen LogP contribution >= 0.6 is 11.3 Å². The summed E-state index contributed by atoms with van der Waals surface area (Å²) in [5, 5.41) is 3.21. The first-order chi connectivity index (χ1) is 15.4. The third-order valence-corrected chi connectivity index (χ3v) is 6.92. The first-order valence-corrected chi connectivity index (χ1v) is 11.7. The summed E-state index contributed by atoms with van der Waals surface area (Å²) < 4.78 is 38.8. The molecule has 0 radical (unpaired) electrons. The number of sulfonamides is 1. The van der Waals surface area contributed by atoms with E-state index in [2.05, 4.69) is 15.0 Å². The number of rotatable bonds is 7. The van der Waals surface area contributed by atoms with Gasteiger partial charge in [0, 0.05) is 11.3 Å². The van der Waals surface area contributed by atoms with Gasteiger partial charge in [0.25, 0.3) is 15.9 Å². The molecular formula is C22H19N3O5S2. The average molecular weight is 470 g/mol. The fourth-order valence-corrected chi connectivity index (χ4v) is 4.91. The highest BCUT2D eigenvalue weighted by Gasteiger charge is 2.16. The second kappa shape index (κ2) is 8.85. The maximum Gasteiger partial charge on any atom is 0.261 e. The molecule has 3 aromatic carbocycles. The molecule has 0 unspecified atom stereocenters. The Bertz CT molecular complexity index is 1370. The SMILES string of the molecule is COc1ccc(S(=O)(=O)Nc2ccc(C(=O)Nc3nc4c(OC)cccc4s3)cc2)cc1. The lowest BCUT2D eigenvalue weighted by molar-refractivity contribution is 0.102. The van der Waals surface area contributed by atoms with Crippen LogP contribution in [0.4, 0.5) is 10.8 Å². The zero-order valence-electron chi connectivity index (χ0n) is 17.2. The lowest BCUT2D eigenvalue weighted by atomic mass is 10.2. The molecule has 0 aliphatic rings. The minimum atomic E-state index is -3.77. The van der Waals surface area contributed by atoms with E-state index in [0.717, 1.165) is 4.70 Å². The van der Waals surface area contributed by atoms with Gasteiger partial charge in [0.15, 0.2) is 5.13 Å². The normalized spacial score (nSPS) is 11.2. The van der Waals surface area contributed by atoms with Crippen molar-refractivity contribution in [2.24, 2.45) is 0 Å². The number of amides is 1. The van der Waals surface area contributed by atoms with Gasteiger partial charge in [-0.25, -0.2) is 13.4 Å². The maximum absolute atomic E-state index is 12.6. The molecule has 0 aliphatic heterocycles. The second-order valence-electron chi connectivity index (χ2n) is 6.64. The van der Waals surface area contributed by atoms with Gasteiger partial charge in [0.1, 0.15) is 17.0 Å². The van der Waals surface area contributed by atoms with E-state index in [0.29, 0.717) is 33.4 Å². The van der Waals surface area contributed by atoms with E-state index >= 15 is 0 Å². The first kappa shape index (κ1) is 21.6. The molecule has 4 rings (SSSR count). The summed E-state index contributed by atoms with van der Waals surface area (Å²) in [6.45, 7) is 0. The van der Waals surface area contributed by atoms with Crippen LogP contribution in [0.2, 0.25) is 0 Å². The summed E-state index contributed by atoms with van der Waals surface area (Å²) in [6, 6.07) is 17.7. The van der Waals surface area contributed by atoms with E-state index < -0.39 is 10.0 Å². The molecule has 0 atom stereocenters. The molecule has 0 saturated carbocycles. The van der Waals surface area contributed by atoms with Crippen molar-refractivity contribution < 1.29 is 22.7 Å². The smallest absolute Gasteiger partial charge is 0.261 e. The van der Waals surface area contributed by atoms with Crippen LogP contribution in [-0.2, 0) is 10.0 Å². The molecular weight excluding hydrogens is 450 g/mol. The van der Waals surface area contributed by atoms with E-state index in [4.69, 9.17) is 9.47 Å². The molecule has 8 nitrogen and oxygen atoms in total. The van der Waals surface area contributed by atoms with Gasteiger partial charge in [0.05, 0.1) is 23.8 Å². The van der Waals surface area contributed by atoms with Crippen molar-refractivity contribution >= 4 is 48.3 Å². The number of benzene rings is 3. The summed E-state index contributed by atoms with van der Waals surface area (Å²) in [5.74, 6) is 0.839. The van der Waals surface area contributed by atoms with Crippen molar-refractivity contribution in [3.63, 3.8) is 0 Å². The van der Waals surface area contributed by atoms with Gasteiger partial charge >= 0.3 is 0 Å². The van der Waals surface area contributed by atoms with Crippen LogP contribution in [0.25, 0.3) is 10.2 Å². The van der Waals surface area contributed by atoms with Crippen LogP contribution in [0.1, 0.15) is 10.4 Å². The Morgan fingerprint density at radius 2 is 1.66 bits per heavy atom. The highest BCUT2D eigenvalue weighted by molar-refractivity contribution is 7.92. The van der Waals surface area contributed by atoms with Gasteiger partial charge < -0.3 is 9.47 Å². The number of carbonyl (C=O) groups is 1. The quantitative estimate of drug-likeness (QED) is 0.416. The van der Waals surface area contributed by atoms with Crippen molar-refractivity contribution in [2.75, 3.05) is 24.3 Å². The Balaban J connectivity index is 1.46. The average Bonchev–Trinajstić information content (AvgIpc) is 3.21. The van der Waals surface area contributed by atoms with Crippen molar-refractivity contribution in [1.82, 2.24) is 4.98 Å². The Morgan fingerprint density at radius 3 is 2.31 bits per heavy atom. The van der Waals surface area contributed by atoms with Crippen LogP contribution in [0.15, 0.2) is 71.6 Å². The molecule has 32 heavy (non-hydrogen) atoms. The molecule has 0 bridgehead atoms. The molecule has 0 aliphatic carbocycles. The van der Waals surface area contributed by atoms with E-state index in [-0.39, 0.29) is 10.8 Å². The minimum Gasteiger partial charge on any atom is -0.497 e. The van der Waals surface area contributed by atoms with Crippen molar-refractivity contribution in [1.29, 1.82) is 0 Å². The zero-order chi connectivity index (χ0) is 22.7. The van der Waals surface area contributed by atoms with Crippen LogP contribution in [0.3, 0.4) is 0 Å². The molecule has 1 aromatic heterocycles. The predicted octanol–water partition coefficient (Wildman–Crippen LogP) is 4.37. The molecule has 0 fully saturated rings. The summed E-state index contributed by atoms with van der Waals surface area (Å²) in [6.07, 6.45) is 0. The Kier molecular flexibility index (Phi) is 5.97. The number of anilines is 2. The van der Waals surface area contributed by atoms with Gasteiger partial charge in [-0.3, -0.25) is 14.8 Å². The fraction of sp³-hybridized carbons (Fsp3) is 0.0909. The minimum absolute atomic E-state index is 0.103. The number of hydrogen-bond donors (Lipinski definition) is 2. The van der Waals surface area contributed by atoms with Gasteiger partial charge in [-0.15, -0.1) is 0 Å². The number of nitrogens with one attached hydrogen (secondary N) is 2. The van der Waals surface area contributed by atoms with Gasteiger partial charge in [0.2, 0.25) is 0 Å². The Labute approximate surface area is 188 Å². The molecule has 1 heterocycles. The third-order valence-electron chi connectivity index (χ3n) is 4.59. The molecule has 1 amide bonds. The van der Waals surface area contributed by atoms with Crippen LogP contribution in [0.5, 0.6) is 11.5 Å². The topological polar surface area (TPSA) is 107 Å². The summed E-state index contributed by atoms with van der Waals surface area (Å²) >= 11 is 1.34. The number of para-hydroxylation sites is 1. The molecule has 4 aromatic rings. The van der Waals surface area contributed by atoms with Gasteiger partial charge in [-0.1, -0.05) is 17.4 Å². The van der Waals surface area contributed by atoms with Crippen molar-refractivity contribution in [3.8, 4) is 11.5 Å². The second-order valence-corrected chi connectivity index (χ2v) is 9.35. The highest BCUT2D eigenvalue weighted by Crippen LogP contribution is 2.32. The summed E-state index contributed by atoms with van der Waals surface area (Å²) in [5.41, 5.74) is 1.38. The van der Waals surface area contributed by atoms with E-state index in [9.17, 15) is 13.2 Å². The van der Waals surface area contributed by atoms with Gasteiger partial charge in [-0.2, -0.15) is 0 Å². The first-order valence-electron chi connectivity index (χ1n) is 9.41. The van der Waals surface area contributed by atoms with Gasteiger partial charge in [-0.05, 0) is 60.7 Å². The summed E-state index contributed by atoms with van der Waals surface area (Å²) in [4.78, 5) is 17.1. The standard InChI is InChI=1S/C22H19N3O5S2/c1-29-16-10-12-17(13-11-16)32(27,28)25-15-8-6-14(7-9-15)21(26)24-22-23-20-18(30-2)4-3-5-19(20)31-22/h3-13,25H,1-2H3,(H,23,24,26). The Morgan fingerprint density at radius 1 is 0.938 bits per heavy atom. The lowest BCUT2D eigenvalue weighted by Gasteiger charge is -2.09. The molecule has 0 spiro atoms. The number of methoxy groups -OCH3 is 2. The number of ether oxygens (including phenoxy) is 2. The van der Waals surface area contributed by atoms with Crippen LogP contribution in [0, 0.1) is 0 Å². The van der Waals surface area contributed by atoms with E-state index in [1.807, 2.05) is 12.1 Å². The molecule has 10 heteroatoms. The highest BCUT2D eigenvalue weighted by atomic mass is 32.2. The Hall–Kier alpha value is -3.63. The monoisotopic (exact) mass is 469 g/mol. The maximum atomic E-state index is 12.6. The molecule has 0 saturated heterocycles. The number of carbonyl (C=O) groups excluding carboxylic acids is 1. The zero-order valence-corrected chi connectivity index (χ0v) is 18.8. The van der Waals surface area contributed by atoms with Crippen LogP contribution < -0.4 is 19.5 Å². The number of fused-ring (bicyclic) bond motifs is 1. The number of nitrogens with zero attached hydrogens (tertiary/aromatic N) is 1. The van der Waals surface area contributed by atoms with Crippen LogP contribution in [-0.4, -0.2) is 33.5 Å². The van der Waals surface area contributed by atoms with E-state index in [1.54, 1.807) is 25.3 Å². The largest absolute Gasteiger partial charge is 0.497 e. The summed E-state index contributed by atoms with van der Waals surface area (Å²) in [7, 11) is -0.694. The molecule has 2 N–H and O–H groups in total.